The number of alkyl carbamates (subject to hydrolysis) is 1. The lowest BCUT2D eigenvalue weighted by molar-refractivity contribution is -0.139. The van der Waals surface area contributed by atoms with Crippen LogP contribution in [0.1, 0.15) is 43.2 Å². The van der Waals surface area contributed by atoms with E-state index in [-0.39, 0.29) is 12.5 Å². The lowest BCUT2D eigenvalue weighted by Crippen LogP contribution is -2.41. The number of unbranched alkanes of at least 4 members (excludes halogenated alkanes) is 1. The number of carboxylic acids is 1. The predicted molar refractivity (Wildman–Crippen MR) is 112 cm³/mol. The molecule has 6 heteroatoms. The summed E-state index contributed by atoms with van der Waals surface area (Å²) in [6.45, 7) is 3.93. The minimum Gasteiger partial charge on any atom is -0.480 e. The molecule has 0 aromatic heterocycles. The van der Waals surface area contributed by atoms with Crippen LogP contribution in [-0.4, -0.2) is 42.9 Å². The second-order valence-corrected chi connectivity index (χ2v) is 7.21. The fourth-order valence-electron chi connectivity index (χ4n) is 3.81. The second-order valence-electron chi connectivity index (χ2n) is 7.21. The normalized spacial score (nSPS) is 13.4. The van der Waals surface area contributed by atoms with Gasteiger partial charge in [0.25, 0.3) is 0 Å². The zero-order valence-corrected chi connectivity index (χ0v) is 16.7. The first-order chi connectivity index (χ1) is 14.1. The number of aliphatic carboxylic acids is 1. The Morgan fingerprint density at radius 3 is 2.24 bits per heavy atom. The van der Waals surface area contributed by atoms with Crippen molar-refractivity contribution in [1.29, 1.82) is 0 Å². The average Bonchev–Trinajstić information content (AvgIpc) is 3.05. The number of carbonyl (C=O) groups is 2. The van der Waals surface area contributed by atoms with Gasteiger partial charge in [-0.3, -0.25) is 0 Å². The fourth-order valence-corrected chi connectivity index (χ4v) is 3.81. The molecule has 1 aliphatic carbocycles. The number of amides is 1. The predicted octanol–water partition coefficient (Wildman–Crippen LogP) is 3.76. The van der Waals surface area contributed by atoms with Crippen molar-refractivity contribution >= 4 is 12.1 Å². The van der Waals surface area contributed by atoms with Gasteiger partial charge in [-0.25, -0.2) is 9.59 Å². The number of hydrogen-bond donors (Lipinski definition) is 3. The average molecular weight is 396 g/mol. The third kappa shape index (κ3) is 5.15. The van der Waals surface area contributed by atoms with Crippen LogP contribution in [0.25, 0.3) is 11.1 Å². The summed E-state index contributed by atoms with van der Waals surface area (Å²) < 4.78 is 5.44. The van der Waals surface area contributed by atoms with Crippen molar-refractivity contribution in [2.45, 2.75) is 38.1 Å². The molecule has 1 atom stereocenters. The summed E-state index contributed by atoms with van der Waals surface area (Å²) in [4.78, 5) is 23.7. The summed E-state index contributed by atoms with van der Waals surface area (Å²) in [5.41, 5.74) is 4.56. The topological polar surface area (TPSA) is 87.7 Å². The molecule has 0 bridgehead atoms. The quantitative estimate of drug-likeness (QED) is 0.532. The summed E-state index contributed by atoms with van der Waals surface area (Å²) in [7, 11) is 0. The third-order valence-corrected chi connectivity index (χ3v) is 5.28. The van der Waals surface area contributed by atoms with E-state index in [2.05, 4.69) is 22.8 Å². The number of benzene rings is 2. The minimum atomic E-state index is -1.04. The van der Waals surface area contributed by atoms with E-state index in [4.69, 9.17) is 4.74 Å². The summed E-state index contributed by atoms with van der Waals surface area (Å²) in [5, 5.41) is 15.1. The Morgan fingerprint density at radius 2 is 1.66 bits per heavy atom. The molecule has 0 saturated heterocycles. The highest BCUT2D eigenvalue weighted by Gasteiger charge is 2.29. The molecule has 2 aromatic rings. The molecular weight excluding hydrogens is 368 g/mol. The Kier molecular flexibility index (Phi) is 7.25. The smallest absolute Gasteiger partial charge is 0.407 e. The molecule has 0 aliphatic heterocycles. The van der Waals surface area contributed by atoms with Crippen molar-refractivity contribution in [2.75, 3.05) is 19.7 Å². The van der Waals surface area contributed by atoms with Crippen LogP contribution in [0.2, 0.25) is 0 Å². The van der Waals surface area contributed by atoms with Gasteiger partial charge in [-0.15, -0.1) is 0 Å². The van der Waals surface area contributed by atoms with Gasteiger partial charge in [-0.2, -0.15) is 0 Å². The van der Waals surface area contributed by atoms with Crippen molar-refractivity contribution in [3.05, 3.63) is 59.7 Å². The van der Waals surface area contributed by atoms with Crippen LogP contribution in [-0.2, 0) is 9.53 Å². The number of nitrogens with one attached hydrogen (secondary N) is 2. The van der Waals surface area contributed by atoms with E-state index >= 15 is 0 Å². The maximum Gasteiger partial charge on any atom is 0.407 e. The van der Waals surface area contributed by atoms with Gasteiger partial charge in [0, 0.05) is 5.92 Å². The van der Waals surface area contributed by atoms with Crippen molar-refractivity contribution in [1.82, 2.24) is 10.6 Å². The van der Waals surface area contributed by atoms with E-state index < -0.39 is 18.1 Å². The molecule has 6 nitrogen and oxygen atoms in total. The maximum absolute atomic E-state index is 12.3. The largest absolute Gasteiger partial charge is 0.480 e. The van der Waals surface area contributed by atoms with Crippen LogP contribution in [0.5, 0.6) is 0 Å². The summed E-state index contributed by atoms with van der Waals surface area (Å²) in [5.74, 6) is -1.08. The van der Waals surface area contributed by atoms with Crippen LogP contribution in [0.15, 0.2) is 48.5 Å². The molecule has 0 fully saturated rings. The highest BCUT2D eigenvalue weighted by atomic mass is 16.5. The molecule has 0 radical (unpaired) electrons. The molecule has 0 spiro atoms. The molecule has 1 aliphatic rings. The lowest BCUT2D eigenvalue weighted by atomic mass is 9.98. The van der Waals surface area contributed by atoms with Gasteiger partial charge in [0.05, 0.1) is 0 Å². The highest BCUT2D eigenvalue weighted by Crippen LogP contribution is 2.44. The monoisotopic (exact) mass is 396 g/mol. The van der Waals surface area contributed by atoms with Gasteiger partial charge in [0.2, 0.25) is 0 Å². The van der Waals surface area contributed by atoms with Crippen molar-refractivity contribution < 1.29 is 19.4 Å². The third-order valence-electron chi connectivity index (χ3n) is 5.28. The first kappa shape index (κ1) is 20.9. The molecule has 3 rings (SSSR count). The molecule has 1 unspecified atom stereocenters. The van der Waals surface area contributed by atoms with E-state index in [1.54, 1.807) is 0 Å². The first-order valence-corrected chi connectivity index (χ1v) is 10.2. The van der Waals surface area contributed by atoms with E-state index in [0.29, 0.717) is 12.8 Å². The summed E-state index contributed by atoms with van der Waals surface area (Å²) >= 11 is 0. The van der Waals surface area contributed by atoms with Crippen LogP contribution in [0, 0.1) is 0 Å². The number of fused-ring (bicyclic) bond motifs is 3. The van der Waals surface area contributed by atoms with Crippen LogP contribution >= 0.6 is 0 Å². The molecule has 0 saturated carbocycles. The van der Waals surface area contributed by atoms with Gasteiger partial charge in [0.1, 0.15) is 12.6 Å². The number of hydrogen-bond acceptors (Lipinski definition) is 4. The van der Waals surface area contributed by atoms with Crippen molar-refractivity contribution in [3.8, 4) is 11.1 Å². The highest BCUT2D eigenvalue weighted by molar-refractivity contribution is 5.81. The summed E-state index contributed by atoms with van der Waals surface area (Å²) in [6, 6.07) is 15.3. The SMILES string of the molecule is CCNCCCCC(NC(=O)OCC1c2ccccc2-c2ccccc21)C(=O)O. The van der Waals surface area contributed by atoms with Gasteiger partial charge in [-0.1, -0.05) is 55.5 Å². The zero-order valence-electron chi connectivity index (χ0n) is 16.7. The summed E-state index contributed by atoms with van der Waals surface area (Å²) in [6.07, 6.45) is 1.27. The molecule has 1 amide bonds. The van der Waals surface area contributed by atoms with Gasteiger partial charge < -0.3 is 20.5 Å². The van der Waals surface area contributed by atoms with E-state index in [1.807, 2.05) is 43.3 Å². The van der Waals surface area contributed by atoms with E-state index in [9.17, 15) is 14.7 Å². The second kappa shape index (κ2) is 10.1. The van der Waals surface area contributed by atoms with E-state index in [0.717, 1.165) is 41.8 Å². The molecule has 3 N–H and O–H groups in total. The Bertz CT molecular complexity index is 807. The molecule has 29 heavy (non-hydrogen) atoms. The van der Waals surface area contributed by atoms with Crippen LogP contribution < -0.4 is 10.6 Å². The number of carbonyl (C=O) groups excluding carboxylic acids is 1. The zero-order chi connectivity index (χ0) is 20.6. The molecule has 0 heterocycles. The molecule has 2 aromatic carbocycles. The minimum absolute atomic E-state index is 0.0449. The van der Waals surface area contributed by atoms with Gasteiger partial charge in [-0.05, 0) is 54.6 Å². The Morgan fingerprint density at radius 1 is 1.03 bits per heavy atom. The van der Waals surface area contributed by atoms with Crippen molar-refractivity contribution in [3.63, 3.8) is 0 Å². The Hall–Kier alpha value is -2.86. The number of carboxylic acid groups (broad SMARTS) is 1. The Balaban J connectivity index is 1.56. The first-order valence-electron chi connectivity index (χ1n) is 10.2. The molecule has 154 valence electrons. The fraction of sp³-hybridized carbons (Fsp3) is 0.391. The lowest BCUT2D eigenvalue weighted by Gasteiger charge is -2.17. The molecular formula is C23H28N2O4. The van der Waals surface area contributed by atoms with Gasteiger partial charge in [0.15, 0.2) is 0 Å². The standard InChI is InChI=1S/C23H28N2O4/c1-2-24-14-8-7-13-21(22(26)27)25-23(28)29-15-20-18-11-5-3-9-16(18)17-10-4-6-12-19(17)20/h3-6,9-12,20-21,24H,2,7-8,13-15H2,1H3,(H,25,28)(H,26,27). The number of ether oxygens (including phenoxy) is 1. The van der Waals surface area contributed by atoms with Crippen LogP contribution in [0.3, 0.4) is 0 Å². The van der Waals surface area contributed by atoms with Crippen LogP contribution in [0.4, 0.5) is 4.79 Å². The van der Waals surface area contributed by atoms with Crippen molar-refractivity contribution in [2.24, 2.45) is 0 Å². The Labute approximate surface area is 171 Å². The maximum atomic E-state index is 12.3. The number of rotatable bonds is 10. The van der Waals surface area contributed by atoms with Gasteiger partial charge >= 0.3 is 12.1 Å². The van der Waals surface area contributed by atoms with E-state index in [1.165, 1.54) is 0 Å².